The third-order valence-corrected chi connectivity index (χ3v) is 6.40. The number of rotatable bonds is 3. The zero-order valence-electron chi connectivity index (χ0n) is 13.8. The lowest BCUT2D eigenvalue weighted by molar-refractivity contribution is 0.0218. The number of benzene rings is 1. The number of nitrogens with one attached hydrogen (secondary N) is 1. The van der Waals surface area contributed by atoms with Gasteiger partial charge in [-0.1, -0.05) is 6.07 Å². The lowest BCUT2D eigenvalue weighted by Crippen LogP contribution is -2.62. The number of piperidine rings is 3. The number of aromatic nitrogens is 1. The van der Waals surface area contributed by atoms with Gasteiger partial charge in [0, 0.05) is 12.1 Å². The average Bonchev–Trinajstić information content (AvgIpc) is 3.08. The van der Waals surface area contributed by atoms with Crippen LogP contribution >= 0.6 is 11.3 Å². The Morgan fingerprint density at radius 2 is 1.96 bits per heavy atom. The minimum atomic E-state index is -0.674. The second kappa shape index (κ2) is 6.46. The summed E-state index contributed by atoms with van der Waals surface area (Å²) in [5.41, 5.74) is -0.178. The topological polar surface area (TPSA) is 45.2 Å². The molecule has 2 atom stereocenters. The molecule has 4 nitrogen and oxygen atoms in total. The molecule has 1 N–H and O–H groups in total. The molecule has 132 valence electrons. The van der Waals surface area contributed by atoms with Crippen LogP contribution in [-0.2, 0) is 0 Å². The number of carbonyl (C=O) groups is 1. The third kappa shape index (κ3) is 2.95. The van der Waals surface area contributed by atoms with Crippen LogP contribution in [0.15, 0.2) is 24.4 Å². The summed E-state index contributed by atoms with van der Waals surface area (Å²) >= 11 is 1.02. The van der Waals surface area contributed by atoms with E-state index in [1.807, 2.05) is 0 Å². The molecule has 0 saturated carbocycles. The van der Waals surface area contributed by atoms with Gasteiger partial charge in [-0.15, -0.1) is 11.3 Å². The Morgan fingerprint density at radius 3 is 2.60 bits per heavy atom. The first-order valence-electron chi connectivity index (χ1n) is 8.49. The van der Waals surface area contributed by atoms with E-state index in [1.165, 1.54) is 24.4 Å². The highest BCUT2D eigenvalue weighted by molar-refractivity contribution is 7.16. The Morgan fingerprint density at radius 1 is 1.28 bits per heavy atom. The van der Waals surface area contributed by atoms with Crippen molar-refractivity contribution in [3.05, 3.63) is 40.9 Å². The molecule has 5 rings (SSSR count). The molecule has 1 aromatic heterocycles. The summed E-state index contributed by atoms with van der Waals surface area (Å²) in [6, 6.07) is 4.12. The van der Waals surface area contributed by atoms with Gasteiger partial charge in [-0.05, 0) is 50.9 Å². The van der Waals surface area contributed by atoms with E-state index in [-0.39, 0.29) is 22.5 Å². The van der Waals surface area contributed by atoms with Crippen LogP contribution in [-0.4, -0.2) is 41.0 Å². The van der Waals surface area contributed by atoms with Crippen molar-refractivity contribution in [2.75, 3.05) is 13.1 Å². The molecule has 4 heterocycles. The number of halogens is 2. The van der Waals surface area contributed by atoms with E-state index in [2.05, 4.69) is 22.1 Å². The summed E-state index contributed by atoms with van der Waals surface area (Å²) in [5.74, 6) is -1.06. The maximum atomic E-state index is 13.9. The molecule has 25 heavy (non-hydrogen) atoms. The first-order chi connectivity index (χ1) is 12.0. The highest BCUT2D eigenvalue weighted by atomic mass is 32.1. The molecule has 0 unspecified atom stereocenters. The Labute approximate surface area is 148 Å². The van der Waals surface area contributed by atoms with Crippen molar-refractivity contribution in [3.63, 3.8) is 0 Å². The van der Waals surface area contributed by atoms with Crippen molar-refractivity contribution in [1.82, 2.24) is 15.2 Å². The fourth-order valence-corrected chi connectivity index (χ4v) is 4.83. The summed E-state index contributed by atoms with van der Waals surface area (Å²) in [7, 11) is 0. The number of amides is 1. The lowest BCUT2D eigenvalue weighted by atomic mass is 9.79. The number of hydrogen-bond donors (Lipinski definition) is 1. The quantitative estimate of drug-likeness (QED) is 0.910. The van der Waals surface area contributed by atoms with Gasteiger partial charge in [-0.25, -0.2) is 13.8 Å². The van der Waals surface area contributed by atoms with Crippen LogP contribution in [0.3, 0.4) is 0 Å². The van der Waals surface area contributed by atoms with E-state index in [4.69, 9.17) is 0 Å². The second-order valence-corrected chi connectivity index (χ2v) is 7.77. The second-order valence-electron chi connectivity index (χ2n) is 6.74. The third-order valence-electron chi connectivity index (χ3n) is 5.38. The van der Waals surface area contributed by atoms with Gasteiger partial charge in [0.25, 0.3) is 5.91 Å². The molecule has 0 aliphatic carbocycles. The predicted octanol–water partition coefficient (Wildman–Crippen LogP) is 3.30. The molecule has 2 aromatic rings. The molecule has 7 heteroatoms. The maximum absolute atomic E-state index is 13.9. The molecule has 3 aliphatic heterocycles. The first-order valence-corrected chi connectivity index (χ1v) is 9.31. The van der Waals surface area contributed by atoms with Crippen LogP contribution in [0.5, 0.6) is 0 Å². The SMILES string of the molecule is C[C@H]1[C@H](NC(=O)c2cnc(-c3c(F)cccc3F)s2)C2CCN1CC2. The smallest absolute Gasteiger partial charge is 0.263 e. The molecular weight excluding hydrogens is 344 g/mol. The fourth-order valence-electron chi connectivity index (χ4n) is 3.96. The minimum absolute atomic E-state index is 0.116. The van der Waals surface area contributed by atoms with Crippen LogP contribution in [0, 0.1) is 17.6 Å². The summed E-state index contributed by atoms with van der Waals surface area (Å²) in [5, 5.41) is 3.30. The van der Waals surface area contributed by atoms with E-state index < -0.39 is 11.6 Å². The maximum Gasteiger partial charge on any atom is 0.263 e. The average molecular weight is 363 g/mol. The van der Waals surface area contributed by atoms with Crippen molar-refractivity contribution in [1.29, 1.82) is 0 Å². The molecule has 0 spiro atoms. The van der Waals surface area contributed by atoms with Crippen LogP contribution in [0.2, 0.25) is 0 Å². The van der Waals surface area contributed by atoms with Gasteiger partial charge < -0.3 is 5.32 Å². The predicted molar refractivity (Wildman–Crippen MR) is 92.5 cm³/mol. The van der Waals surface area contributed by atoms with Crippen LogP contribution in [0.25, 0.3) is 10.6 Å². The van der Waals surface area contributed by atoms with E-state index in [0.717, 1.165) is 37.3 Å². The van der Waals surface area contributed by atoms with Crippen molar-refractivity contribution in [3.8, 4) is 10.6 Å². The Hall–Kier alpha value is -1.86. The van der Waals surface area contributed by atoms with Crippen LogP contribution in [0.4, 0.5) is 8.78 Å². The summed E-state index contributed by atoms with van der Waals surface area (Å²) in [6.07, 6.45) is 3.60. The number of fused-ring (bicyclic) bond motifs is 3. The van der Waals surface area contributed by atoms with E-state index in [0.29, 0.717) is 16.8 Å². The number of carbonyl (C=O) groups excluding carboxylic acids is 1. The molecule has 1 aromatic carbocycles. The van der Waals surface area contributed by atoms with Gasteiger partial charge in [-0.3, -0.25) is 9.69 Å². The largest absolute Gasteiger partial charge is 0.347 e. The number of nitrogens with zero attached hydrogens (tertiary/aromatic N) is 2. The van der Waals surface area contributed by atoms with Crippen molar-refractivity contribution in [2.45, 2.75) is 31.8 Å². The van der Waals surface area contributed by atoms with Crippen LogP contribution in [0.1, 0.15) is 29.4 Å². The van der Waals surface area contributed by atoms with Gasteiger partial charge in [0.2, 0.25) is 0 Å². The molecule has 3 aliphatic rings. The molecule has 0 radical (unpaired) electrons. The van der Waals surface area contributed by atoms with Crippen molar-refractivity contribution < 1.29 is 13.6 Å². The highest BCUT2D eigenvalue weighted by Crippen LogP contribution is 2.33. The van der Waals surface area contributed by atoms with Gasteiger partial charge in [0.05, 0.1) is 11.8 Å². The van der Waals surface area contributed by atoms with Crippen LogP contribution < -0.4 is 5.32 Å². The number of hydrogen-bond acceptors (Lipinski definition) is 4. The molecular formula is C18H19F2N3OS. The van der Waals surface area contributed by atoms with Gasteiger partial charge in [-0.2, -0.15) is 0 Å². The highest BCUT2D eigenvalue weighted by Gasteiger charge is 2.40. The van der Waals surface area contributed by atoms with E-state index >= 15 is 0 Å². The van der Waals surface area contributed by atoms with Gasteiger partial charge in [0.1, 0.15) is 21.5 Å². The normalized spacial score (nSPS) is 28.1. The molecule has 3 saturated heterocycles. The van der Waals surface area contributed by atoms with Gasteiger partial charge >= 0.3 is 0 Å². The van der Waals surface area contributed by atoms with E-state index in [1.54, 1.807) is 0 Å². The molecule has 3 fully saturated rings. The molecule has 1 amide bonds. The summed E-state index contributed by atoms with van der Waals surface area (Å²) in [4.78, 5) is 19.4. The molecule has 2 bridgehead atoms. The lowest BCUT2D eigenvalue weighted by Gasteiger charge is -2.49. The monoisotopic (exact) mass is 363 g/mol. The summed E-state index contributed by atoms with van der Waals surface area (Å²) in [6.45, 7) is 4.33. The Balaban J connectivity index is 1.53. The summed E-state index contributed by atoms with van der Waals surface area (Å²) < 4.78 is 27.8. The zero-order chi connectivity index (χ0) is 17.6. The Bertz CT molecular complexity index is 779. The first kappa shape index (κ1) is 16.6. The van der Waals surface area contributed by atoms with Crippen molar-refractivity contribution >= 4 is 17.2 Å². The number of thiazole rings is 1. The van der Waals surface area contributed by atoms with E-state index in [9.17, 15) is 13.6 Å². The standard InChI is InChI=1S/C18H19F2N3OS/c1-10-16(11-5-7-23(10)8-6-11)22-17(24)14-9-21-18(25-14)15-12(19)3-2-4-13(15)20/h2-4,9-11,16H,5-8H2,1H3,(H,22,24)/t10-,16-/m0/s1. The zero-order valence-corrected chi connectivity index (χ0v) is 14.7. The van der Waals surface area contributed by atoms with Gasteiger partial charge in [0.15, 0.2) is 0 Å². The van der Waals surface area contributed by atoms with Crippen molar-refractivity contribution in [2.24, 2.45) is 5.92 Å². The Kier molecular flexibility index (Phi) is 4.29. The minimum Gasteiger partial charge on any atom is -0.347 e. The fraction of sp³-hybridized carbons (Fsp3) is 0.444.